The van der Waals surface area contributed by atoms with Crippen LogP contribution < -0.4 is 5.32 Å². The van der Waals surface area contributed by atoms with Crippen molar-refractivity contribution in [2.24, 2.45) is 0 Å². The normalized spacial score (nSPS) is 19.9. The fraction of sp³-hybridized carbons (Fsp3) is 0.591. The number of aliphatic hydroxyl groups is 1. The Bertz CT molecular complexity index is 839. The Kier molecular flexibility index (Phi) is 6.15. The van der Waals surface area contributed by atoms with Crippen molar-refractivity contribution in [2.45, 2.75) is 69.8 Å². The van der Waals surface area contributed by atoms with Gasteiger partial charge in [-0.05, 0) is 44.7 Å². The number of nitrogens with one attached hydrogen (secondary N) is 1. The first kappa shape index (κ1) is 20.3. The number of nitrogens with zero attached hydrogens (tertiary/aromatic N) is 3. The van der Waals surface area contributed by atoms with Gasteiger partial charge in [-0.15, -0.1) is 11.3 Å². The summed E-state index contributed by atoms with van der Waals surface area (Å²) in [5.74, 6) is 1.28. The maximum atomic E-state index is 12.7. The molecular weight excluding hydrogens is 384 g/mol. The fourth-order valence-electron chi connectivity index (χ4n) is 4.48. The highest BCUT2D eigenvalue weighted by Crippen LogP contribution is 2.33. The van der Waals surface area contributed by atoms with Gasteiger partial charge in [-0.1, -0.05) is 25.3 Å². The van der Waals surface area contributed by atoms with Crippen LogP contribution >= 0.6 is 11.3 Å². The quantitative estimate of drug-likeness (QED) is 0.759. The molecule has 0 radical (unpaired) electrons. The molecule has 2 aliphatic rings. The Balaban J connectivity index is 1.32. The molecule has 3 heterocycles. The number of hydrogen-bond acceptors (Lipinski definition) is 6. The second-order valence-corrected chi connectivity index (χ2v) is 9.70. The number of carbonyl (C=O) groups is 1. The van der Waals surface area contributed by atoms with Gasteiger partial charge in [0.05, 0.1) is 12.0 Å². The predicted octanol–water partition coefficient (Wildman–Crippen LogP) is 4.38. The molecule has 1 amide bonds. The van der Waals surface area contributed by atoms with Crippen molar-refractivity contribution in [1.29, 1.82) is 0 Å². The third kappa shape index (κ3) is 5.14. The van der Waals surface area contributed by atoms with Gasteiger partial charge in [0, 0.05) is 35.8 Å². The lowest BCUT2D eigenvalue weighted by atomic mass is 9.82. The van der Waals surface area contributed by atoms with Gasteiger partial charge in [0.1, 0.15) is 5.82 Å². The molecule has 2 aromatic heterocycles. The van der Waals surface area contributed by atoms with Gasteiger partial charge in [0.15, 0.2) is 5.13 Å². The van der Waals surface area contributed by atoms with Gasteiger partial charge in [0.25, 0.3) is 0 Å². The smallest absolute Gasteiger partial charge is 0.225 e. The third-order valence-electron chi connectivity index (χ3n) is 6.16. The molecule has 0 aromatic carbocycles. The van der Waals surface area contributed by atoms with E-state index in [9.17, 15) is 9.90 Å². The van der Waals surface area contributed by atoms with E-state index in [1.54, 1.807) is 11.3 Å². The Morgan fingerprint density at radius 2 is 2.03 bits per heavy atom. The van der Waals surface area contributed by atoms with Gasteiger partial charge in [-0.3, -0.25) is 4.79 Å². The Morgan fingerprint density at radius 1 is 1.28 bits per heavy atom. The minimum Gasteiger partial charge on any atom is -0.389 e. The number of thiazole rings is 1. The summed E-state index contributed by atoms with van der Waals surface area (Å²) in [5.41, 5.74) is 0.295. The van der Waals surface area contributed by atoms with Crippen LogP contribution in [0.5, 0.6) is 0 Å². The van der Waals surface area contributed by atoms with E-state index in [0.29, 0.717) is 5.92 Å². The summed E-state index contributed by atoms with van der Waals surface area (Å²) in [6.07, 6.45) is 8.72. The molecule has 2 fully saturated rings. The molecule has 2 aromatic rings. The average molecular weight is 415 g/mol. The highest BCUT2D eigenvalue weighted by atomic mass is 32.1. The van der Waals surface area contributed by atoms with Gasteiger partial charge in [-0.25, -0.2) is 9.97 Å². The lowest BCUT2D eigenvalue weighted by Crippen LogP contribution is -2.43. The second kappa shape index (κ2) is 8.79. The summed E-state index contributed by atoms with van der Waals surface area (Å²) in [4.78, 5) is 24.9. The number of anilines is 2. The van der Waals surface area contributed by atoms with E-state index < -0.39 is 5.60 Å². The molecule has 0 unspecified atom stereocenters. The Hall–Kier alpha value is -1.99. The number of rotatable bonds is 5. The number of hydrogen-bond donors (Lipinski definition) is 2. The first-order valence-corrected chi connectivity index (χ1v) is 11.5. The van der Waals surface area contributed by atoms with E-state index in [-0.39, 0.29) is 12.3 Å². The van der Waals surface area contributed by atoms with Crippen LogP contribution in [-0.2, 0) is 4.79 Å². The molecule has 4 rings (SSSR count). The average Bonchev–Trinajstić information content (AvgIpc) is 3.13. The molecule has 1 saturated carbocycles. The van der Waals surface area contributed by atoms with E-state index in [0.717, 1.165) is 68.3 Å². The van der Waals surface area contributed by atoms with E-state index in [1.807, 2.05) is 30.2 Å². The van der Waals surface area contributed by atoms with E-state index >= 15 is 0 Å². The lowest BCUT2D eigenvalue weighted by Gasteiger charge is -2.36. The van der Waals surface area contributed by atoms with E-state index in [2.05, 4.69) is 16.4 Å². The number of aryl methyl sites for hydroxylation is 1. The monoisotopic (exact) mass is 414 g/mol. The summed E-state index contributed by atoms with van der Waals surface area (Å²) >= 11 is 1.61. The molecule has 2 N–H and O–H groups in total. The van der Waals surface area contributed by atoms with Gasteiger partial charge in [0.2, 0.25) is 5.91 Å². The zero-order valence-electron chi connectivity index (χ0n) is 17.1. The number of pyridine rings is 1. The first-order chi connectivity index (χ1) is 14.0. The number of amides is 1. The van der Waals surface area contributed by atoms with Crippen molar-refractivity contribution in [1.82, 2.24) is 14.9 Å². The SMILES string of the molecule is Cc1cnc(Nc2cccc(C3CCN(C(=O)CC4(O)CCCCC4)CC3)n2)s1. The lowest BCUT2D eigenvalue weighted by molar-refractivity contribution is -0.138. The summed E-state index contributed by atoms with van der Waals surface area (Å²) in [6.45, 7) is 3.52. The summed E-state index contributed by atoms with van der Waals surface area (Å²) in [6, 6.07) is 6.07. The summed E-state index contributed by atoms with van der Waals surface area (Å²) in [7, 11) is 0. The molecule has 156 valence electrons. The molecule has 0 bridgehead atoms. The standard InChI is InChI=1S/C22H30N4O2S/c1-16-15-23-21(29-16)25-19-7-5-6-18(24-19)17-8-12-26(13-9-17)20(27)14-22(28)10-3-2-4-11-22/h5-7,15,17,28H,2-4,8-14H2,1H3,(H,23,24,25). The molecule has 1 aliphatic carbocycles. The Labute approximate surface area is 176 Å². The van der Waals surface area contributed by atoms with Crippen molar-refractivity contribution in [3.05, 3.63) is 35.0 Å². The van der Waals surface area contributed by atoms with E-state index in [4.69, 9.17) is 4.98 Å². The number of piperidine rings is 1. The van der Waals surface area contributed by atoms with Crippen LogP contribution in [0.25, 0.3) is 0 Å². The summed E-state index contributed by atoms with van der Waals surface area (Å²) in [5, 5.41) is 14.8. The number of likely N-dealkylation sites (tertiary alicyclic amines) is 1. The van der Waals surface area contributed by atoms with Crippen LogP contribution in [-0.4, -0.2) is 44.6 Å². The van der Waals surface area contributed by atoms with Crippen LogP contribution in [0.2, 0.25) is 0 Å². The molecule has 1 saturated heterocycles. The number of aromatic nitrogens is 2. The maximum absolute atomic E-state index is 12.7. The van der Waals surface area contributed by atoms with Crippen molar-refractivity contribution >= 4 is 28.2 Å². The number of carbonyl (C=O) groups excluding carboxylic acids is 1. The molecule has 7 heteroatoms. The van der Waals surface area contributed by atoms with Crippen LogP contribution in [0.1, 0.15) is 67.9 Å². The largest absolute Gasteiger partial charge is 0.389 e. The Morgan fingerprint density at radius 3 is 2.72 bits per heavy atom. The topological polar surface area (TPSA) is 78.4 Å². The minimum absolute atomic E-state index is 0.107. The highest BCUT2D eigenvalue weighted by molar-refractivity contribution is 7.15. The van der Waals surface area contributed by atoms with Crippen molar-refractivity contribution < 1.29 is 9.90 Å². The highest BCUT2D eigenvalue weighted by Gasteiger charge is 2.34. The zero-order valence-corrected chi connectivity index (χ0v) is 17.9. The second-order valence-electron chi connectivity index (χ2n) is 8.47. The molecular formula is C22H30N4O2S. The summed E-state index contributed by atoms with van der Waals surface area (Å²) < 4.78 is 0. The minimum atomic E-state index is -0.776. The van der Waals surface area contributed by atoms with Crippen LogP contribution in [0.3, 0.4) is 0 Å². The predicted molar refractivity (Wildman–Crippen MR) is 116 cm³/mol. The van der Waals surface area contributed by atoms with Crippen LogP contribution in [0.15, 0.2) is 24.4 Å². The van der Waals surface area contributed by atoms with Crippen molar-refractivity contribution in [3.63, 3.8) is 0 Å². The van der Waals surface area contributed by atoms with Crippen LogP contribution in [0, 0.1) is 6.92 Å². The van der Waals surface area contributed by atoms with Crippen LogP contribution in [0.4, 0.5) is 10.9 Å². The third-order valence-corrected chi connectivity index (χ3v) is 6.99. The van der Waals surface area contributed by atoms with Gasteiger partial charge >= 0.3 is 0 Å². The van der Waals surface area contributed by atoms with E-state index in [1.165, 1.54) is 11.3 Å². The van der Waals surface area contributed by atoms with Crippen molar-refractivity contribution in [2.75, 3.05) is 18.4 Å². The molecule has 29 heavy (non-hydrogen) atoms. The molecule has 0 spiro atoms. The molecule has 0 atom stereocenters. The maximum Gasteiger partial charge on any atom is 0.225 e. The molecule has 6 nitrogen and oxygen atoms in total. The fourth-order valence-corrected chi connectivity index (χ4v) is 5.15. The molecule has 1 aliphatic heterocycles. The van der Waals surface area contributed by atoms with Crippen molar-refractivity contribution in [3.8, 4) is 0 Å². The van der Waals surface area contributed by atoms with Gasteiger partial charge in [-0.2, -0.15) is 0 Å². The van der Waals surface area contributed by atoms with Gasteiger partial charge < -0.3 is 15.3 Å². The zero-order chi connectivity index (χ0) is 20.3. The first-order valence-electron chi connectivity index (χ1n) is 10.7.